The van der Waals surface area contributed by atoms with Gasteiger partial charge in [-0.1, -0.05) is 11.6 Å². The maximum absolute atomic E-state index is 5.68. The quantitative estimate of drug-likeness (QED) is 0.691. The second-order valence-corrected chi connectivity index (χ2v) is 2.35. The molecule has 60 valence electrons. The molecule has 4 heteroatoms. The van der Waals surface area contributed by atoms with Crippen LogP contribution in [0, 0.1) is 0 Å². The van der Waals surface area contributed by atoms with Gasteiger partial charge in [0.15, 0.2) is 11.5 Å². The molecule has 0 aliphatic carbocycles. The summed E-state index contributed by atoms with van der Waals surface area (Å²) in [5.74, 6) is 5.95. The number of halogens is 1. The first kappa shape index (κ1) is 8.17. The minimum atomic E-state index is 0.469. The summed E-state index contributed by atoms with van der Waals surface area (Å²) in [4.78, 5) is 4.51. The average Bonchev–Trinajstić information content (AvgIpc) is 2.04. The summed E-state index contributed by atoms with van der Waals surface area (Å²) in [6.45, 7) is 0. The summed E-state index contributed by atoms with van der Waals surface area (Å²) in [6, 6.07) is 4.94. The van der Waals surface area contributed by atoms with Crippen LogP contribution < -0.4 is 15.5 Å². The highest BCUT2D eigenvalue weighted by Crippen LogP contribution is 2.28. The van der Waals surface area contributed by atoms with E-state index in [9.17, 15) is 0 Å². The molecule has 0 aliphatic heterocycles. The van der Waals surface area contributed by atoms with Gasteiger partial charge in [0.25, 0.3) is 0 Å². The number of ether oxygens (including phenoxy) is 1. The standard InChI is InChI=1S/C7H8ClNO2/c1-10-7-4-5(8)2-3-6(7)11-9/h2-4H,9H2,1H3. The fourth-order valence-corrected chi connectivity index (χ4v) is 0.901. The molecule has 0 saturated carbocycles. The van der Waals surface area contributed by atoms with E-state index in [0.29, 0.717) is 16.5 Å². The Bertz CT molecular complexity index is 252. The predicted molar refractivity (Wildman–Crippen MR) is 42.8 cm³/mol. The van der Waals surface area contributed by atoms with Crippen molar-refractivity contribution in [1.82, 2.24) is 0 Å². The van der Waals surface area contributed by atoms with Crippen molar-refractivity contribution >= 4 is 11.6 Å². The zero-order chi connectivity index (χ0) is 8.27. The van der Waals surface area contributed by atoms with Crippen molar-refractivity contribution in [3.63, 3.8) is 0 Å². The second kappa shape index (κ2) is 3.46. The lowest BCUT2D eigenvalue weighted by atomic mass is 10.3. The molecule has 0 aliphatic rings. The Hall–Kier alpha value is -0.930. The minimum Gasteiger partial charge on any atom is -0.493 e. The topological polar surface area (TPSA) is 44.5 Å². The SMILES string of the molecule is COc1cc(Cl)ccc1ON. The molecule has 0 amide bonds. The fraction of sp³-hybridized carbons (Fsp3) is 0.143. The van der Waals surface area contributed by atoms with Crippen molar-refractivity contribution in [1.29, 1.82) is 0 Å². The summed E-state index contributed by atoms with van der Waals surface area (Å²) in [5.41, 5.74) is 0. The largest absolute Gasteiger partial charge is 0.493 e. The molecular formula is C7H8ClNO2. The molecule has 0 aromatic heterocycles. The van der Waals surface area contributed by atoms with Crippen LogP contribution in [-0.4, -0.2) is 7.11 Å². The highest BCUT2D eigenvalue weighted by Gasteiger charge is 2.02. The van der Waals surface area contributed by atoms with E-state index in [4.69, 9.17) is 22.2 Å². The molecule has 1 aromatic rings. The molecule has 3 nitrogen and oxygen atoms in total. The summed E-state index contributed by atoms with van der Waals surface area (Å²) >= 11 is 5.68. The molecule has 11 heavy (non-hydrogen) atoms. The van der Waals surface area contributed by atoms with E-state index >= 15 is 0 Å². The van der Waals surface area contributed by atoms with Crippen LogP contribution in [0.25, 0.3) is 0 Å². The first-order valence-electron chi connectivity index (χ1n) is 2.98. The van der Waals surface area contributed by atoms with Gasteiger partial charge >= 0.3 is 0 Å². The average molecular weight is 174 g/mol. The monoisotopic (exact) mass is 173 g/mol. The van der Waals surface area contributed by atoms with E-state index < -0.39 is 0 Å². The van der Waals surface area contributed by atoms with Crippen LogP contribution in [-0.2, 0) is 0 Å². The molecule has 2 N–H and O–H groups in total. The molecule has 0 saturated heterocycles. The van der Waals surface area contributed by atoms with E-state index in [1.54, 1.807) is 18.2 Å². The van der Waals surface area contributed by atoms with Gasteiger partial charge in [0, 0.05) is 11.1 Å². The lowest BCUT2D eigenvalue weighted by Crippen LogP contribution is -2.03. The first-order chi connectivity index (χ1) is 5.27. The lowest BCUT2D eigenvalue weighted by Gasteiger charge is -2.05. The van der Waals surface area contributed by atoms with Crippen LogP contribution in [0.4, 0.5) is 0 Å². The normalized spacial score (nSPS) is 9.36. The third kappa shape index (κ3) is 1.76. The highest BCUT2D eigenvalue weighted by atomic mass is 35.5. The van der Waals surface area contributed by atoms with Crippen LogP contribution >= 0.6 is 11.6 Å². The van der Waals surface area contributed by atoms with Crippen LogP contribution in [0.1, 0.15) is 0 Å². The van der Waals surface area contributed by atoms with Crippen LogP contribution in [0.2, 0.25) is 5.02 Å². The minimum absolute atomic E-state index is 0.469. The maximum Gasteiger partial charge on any atom is 0.188 e. The Kier molecular flexibility index (Phi) is 2.57. The van der Waals surface area contributed by atoms with Crippen molar-refractivity contribution in [3.05, 3.63) is 23.2 Å². The molecule has 0 spiro atoms. The Morgan fingerprint density at radius 2 is 2.09 bits per heavy atom. The molecule has 0 unspecified atom stereocenters. The molecular weight excluding hydrogens is 166 g/mol. The zero-order valence-electron chi connectivity index (χ0n) is 6.00. The van der Waals surface area contributed by atoms with Gasteiger partial charge in [0.1, 0.15) is 0 Å². The van der Waals surface area contributed by atoms with E-state index in [1.165, 1.54) is 7.11 Å². The molecule has 0 fully saturated rings. The van der Waals surface area contributed by atoms with E-state index in [2.05, 4.69) is 4.84 Å². The number of rotatable bonds is 2. The third-order valence-electron chi connectivity index (χ3n) is 1.25. The van der Waals surface area contributed by atoms with Crippen molar-refractivity contribution in [2.24, 2.45) is 5.90 Å². The smallest absolute Gasteiger partial charge is 0.188 e. The Balaban J connectivity index is 3.06. The van der Waals surface area contributed by atoms with Gasteiger partial charge in [0.2, 0.25) is 0 Å². The zero-order valence-corrected chi connectivity index (χ0v) is 6.76. The van der Waals surface area contributed by atoms with Gasteiger partial charge in [-0.05, 0) is 12.1 Å². The maximum atomic E-state index is 5.68. The number of nitrogens with two attached hydrogens (primary N) is 1. The third-order valence-corrected chi connectivity index (χ3v) is 1.49. The summed E-state index contributed by atoms with van der Waals surface area (Å²) < 4.78 is 4.93. The number of methoxy groups -OCH3 is 1. The molecule has 0 bridgehead atoms. The number of benzene rings is 1. The van der Waals surface area contributed by atoms with Crippen LogP contribution in [0.5, 0.6) is 11.5 Å². The molecule has 1 aromatic carbocycles. The van der Waals surface area contributed by atoms with Crippen molar-refractivity contribution in [3.8, 4) is 11.5 Å². The fourth-order valence-electron chi connectivity index (χ4n) is 0.739. The van der Waals surface area contributed by atoms with Crippen molar-refractivity contribution in [2.75, 3.05) is 7.11 Å². The molecule has 0 heterocycles. The molecule has 0 atom stereocenters. The highest BCUT2D eigenvalue weighted by molar-refractivity contribution is 6.30. The van der Waals surface area contributed by atoms with Gasteiger partial charge in [0.05, 0.1) is 7.11 Å². The van der Waals surface area contributed by atoms with Crippen LogP contribution in [0.3, 0.4) is 0 Å². The first-order valence-corrected chi connectivity index (χ1v) is 3.36. The number of hydrogen-bond acceptors (Lipinski definition) is 3. The second-order valence-electron chi connectivity index (χ2n) is 1.91. The number of hydrogen-bond donors (Lipinski definition) is 1. The lowest BCUT2D eigenvalue weighted by molar-refractivity contribution is 0.306. The van der Waals surface area contributed by atoms with Crippen molar-refractivity contribution < 1.29 is 9.57 Å². The van der Waals surface area contributed by atoms with Gasteiger partial charge < -0.3 is 9.57 Å². The summed E-state index contributed by atoms with van der Waals surface area (Å²) in [5, 5.41) is 0.586. The van der Waals surface area contributed by atoms with Gasteiger partial charge in [-0.25, -0.2) is 0 Å². The van der Waals surface area contributed by atoms with Gasteiger partial charge in [-0.15, -0.1) is 0 Å². The van der Waals surface area contributed by atoms with E-state index in [1.807, 2.05) is 0 Å². The molecule has 1 rings (SSSR count). The predicted octanol–water partition coefficient (Wildman–Crippen LogP) is 1.60. The Morgan fingerprint density at radius 1 is 1.36 bits per heavy atom. The molecule has 0 radical (unpaired) electrons. The van der Waals surface area contributed by atoms with Gasteiger partial charge in [-0.3, -0.25) is 0 Å². The summed E-state index contributed by atoms with van der Waals surface area (Å²) in [7, 11) is 1.52. The van der Waals surface area contributed by atoms with E-state index in [-0.39, 0.29) is 0 Å². The van der Waals surface area contributed by atoms with Crippen molar-refractivity contribution in [2.45, 2.75) is 0 Å². The van der Waals surface area contributed by atoms with E-state index in [0.717, 1.165) is 0 Å². The summed E-state index contributed by atoms with van der Waals surface area (Å²) in [6.07, 6.45) is 0. The Morgan fingerprint density at radius 3 is 2.64 bits per heavy atom. The Labute approximate surface area is 69.6 Å². The van der Waals surface area contributed by atoms with Gasteiger partial charge in [-0.2, -0.15) is 5.90 Å². The van der Waals surface area contributed by atoms with Crippen LogP contribution in [0.15, 0.2) is 18.2 Å².